The van der Waals surface area contributed by atoms with E-state index in [-0.39, 0.29) is 12.2 Å². The average Bonchev–Trinajstić information content (AvgIpc) is 1.86. The SMILES string of the molecule is O=C(O)CC(=O)CCC=CO. The Morgan fingerprint density at radius 2 is 2.00 bits per heavy atom. The molecule has 4 heteroatoms. The van der Waals surface area contributed by atoms with Crippen LogP contribution in [0.3, 0.4) is 0 Å². The fourth-order valence-electron chi connectivity index (χ4n) is 0.576. The van der Waals surface area contributed by atoms with Crippen molar-refractivity contribution in [2.75, 3.05) is 0 Å². The van der Waals surface area contributed by atoms with Crippen LogP contribution in [0.2, 0.25) is 0 Å². The van der Waals surface area contributed by atoms with Gasteiger partial charge in [-0.3, -0.25) is 9.59 Å². The summed E-state index contributed by atoms with van der Waals surface area (Å²) in [5, 5.41) is 16.3. The summed E-state index contributed by atoms with van der Waals surface area (Å²) in [5.74, 6) is -1.43. The van der Waals surface area contributed by atoms with Crippen molar-refractivity contribution < 1.29 is 19.8 Å². The zero-order valence-electron chi connectivity index (χ0n) is 5.99. The Labute approximate surface area is 64.2 Å². The number of hydrogen-bond donors (Lipinski definition) is 2. The van der Waals surface area contributed by atoms with Crippen LogP contribution in [-0.2, 0) is 9.59 Å². The molecule has 0 aromatic carbocycles. The van der Waals surface area contributed by atoms with Crippen molar-refractivity contribution in [2.24, 2.45) is 0 Å². The lowest BCUT2D eigenvalue weighted by molar-refractivity contribution is -0.140. The van der Waals surface area contributed by atoms with E-state index in [1.165, 1.54) is 6.08 Å². The molecule has 0 radical (unpaired) electrons. The number of carboxylic acid groups (broad SMARTS) is 1. The van der Waals surface area contributed by atoms with Crippen LogP contribution in [0, 0.1) is 0 Å². The van der Waals surface area contributed by atoms with E-state index in [2.05, 4.69) is 0 Å². The Hall–Kier alpha value is -1.32. The Morgan fingerprint density at radius 3 is 2.45 bits per heavy atom. The molecule has 0 aromatic rings. The highest BCUT2D eigenvalue weighted by Gasteiger charge is 2.05. The monoisotopic (exact) mass is 158 g/mol. The van der Waals surface area contributed by atoms with Gasteiger partial charge in [0.1, 0.15) is 12.2 Å². The maximum atomic E-state index is 10.6. The summed E-state index contributed by atoms with van der Waals surface area (Å²) < 4.78 is 0. The second kappa shape index (κ2) is 5.46. The van der Waals surface area contributed by atoms with Gasteiger partial charge in [0.05, 0.1) is 6.26 Å². The van der Waals surface area contributed by atoms with Gasteiger partial charge in [-0.25, -0.2) is 0 Å². The highest BCUT2D eigenvalue weighted by atomic mass is 16.4. The van der Waals surface area contributed by atoms with Gasteiger partial charge in [-0.05, 0) is 12.5 Å². The number of ketones is 1. The first-order chi connectivity index (χ1) is 5.16. The molecule has 11 heavy (non-hydrogen) atoms. The van der Waals surface area contributed by atoms with Crippen LogP contribution in [0.15, 0.2) is 12.3 Å². The molecule has 0 fully saturated rings. The van der Waals surface area contributed by atoms with E-state index in [1.807, 2.05) is 0 Å². The minimum absolute atomic E-state index is 0.170. The Morgan fingerprint density at radius 1 is 1.36 bits per heavy atom. The number of carboxylic acids is 1. The zero-order chi connectivity index (χ0) is 8.69. The predicted molar refractivity (Wildman–Crippen MR) is 38.3 cm³/mol. The largest absolute Gasteiger partial charge is 0.516 e. The molecular weight excluding hydrogens is 148 g/mol. The Kier molecular flexibility index (Phi) is 4.81. The molecule has 0 spiro atoms. The number of aliphatic carboxylic acids is 1. The number of carbonyl (C=O) groups excluding carboxylic acids is 1. The lowest BCUT2D eigenvalue weighted by atomic mass is 10.2. The number of aliphatic hydroxyl groups is 1. The number of rotatable bonds is 5. The maximum absolute atomic E-state index is 10.6. The highest BCUT2D eigenvalue weighted by Crippen LogP contribution is 1.95. The molecule has 0 aromatic heterocycles. The van der Waals surface area contributed by atoms with E-state index < -0.39 is 12.4 Å². The Balaban J connectivity index is 3.45. The summed E-state index contributed by atoms with van der Waals surface area (Å²) in [4.78, 5) is 20.6. The van der Waals surface area contributed by atoms with Gasteiger partial charge in [0, 0.05) is 6.42 Å². The number of hydrogen-bond acceptors (Lipinski definition) is 3. The third-order valence-corrected chi connectivity index (χ3v) is 1.04. The molecule has 0 atom stereocenters. The van der Waals surface area contributed by atoms with Gasteiger partial charge in [0.25, 0.3) is 0 Å². The number of Topliss-reactive ketones (excluding diaryl/α,β-unsaturated/α-hetero) is 1. The summed E-state index contributed by atoms with van der Waals surface area (Å²) >= 11 is 0. The molecule has 0 aliphatic heterocycles. The van der Waals surface area contributed by atoms with Gasteiger partial charge in [0.15, 0.2) is 0 Å². The third kappa shape index (κ3) is 6.57. The van der Waals surface area contributed by atoms with E-state index >= 15 is 0 Å². The van der Waals surface area contributed by atoms with Crippen LogP contribution in [-0.4, -0.2) is 22.0 Å². The summed E-state index contributed by atoms with van der Waals surface area (Å²) in [6, 6.07) is 0. The van der Waals surface area contributed by atoms with Crippen molar-refractivity contribution in [1.29, 1.82) is 0 Å². The average molecular weight is 158 g/mol. The van der Waals surface area contributed by atoms with E-state index in [1.54, 1.807) is 0 Å². The summed E-state index contributed by atoms with van der Waals surface area (Å²) in [7, 11) is 0. The first-order valence-corrected chi connectivity index (χ1v) is 3.19. The van der Waals surface area contributed by atoms with E-state index in [9.17, 15) is 9.59 Å². The summed E-state index contributed by atoms with van der Waals surface area (Å²) in [5.41, 5.74) is 0. The van der Waals surface area contributed by atoms with Gasteiger partial charge in [-0.2, -0.15) is 0 Å². The topological polar surface area (TPSA) is 74.6 Å². The van der Waals surface area contributed by atoms with Crippen molar-refractivity contribution in [3.05, 3.63) is 12.3 Å². The first kappa shape index (κ1) is 9.68. The molecule has 0 saturated heterocycles. The van der Waals surface area contributed by atoms with Crippen LogP contribution >= 0.6 is 0 Å². The zero-order valence-corrected chi connectivity index (χ0v) is 5.99. The lowest BCUT2D eigenvalue weighted by Crippen LogP contribution is -2.05. The first-order valence-electron chi connectivity index (χ1n) is 3.19. The number of allylic oxidation sites excluding steroid dienone is 1. The van der Waals surface area contributed by atoms with Gasteiger partial charge < -0.3 is 10.2 Å². The molecule has 0 heterocycles. The summed E-state index contributed by atoms with van der Waals surface area (Å²) in [6.45, 7) is 0. The molecule has 0 saturated carbocycles. The van der Waals surface area contributed by atoms with Gasteiger partial charge in [-0.15, -0.1) is 0 Å². The predicted octanol–water partition coefficient (Wildman–Crippen LogP) is 0.882. The Bertz CT molecular complexity index is 171. The van der Waals surface area contributed by atoms with Crippen molar-refractivity contribution in [3.63, 3.8) is 0 Å². The minimum Gasteiger partial charge on any atom is -0.516 e. The minimum atomic E-state index is -1.11. The molecule has 0 unspecified atom stereocenters. The summed E-state index contributed by atoms with van der Waals surface area (Å²) in [6.07, 6.45) is 2.37. The number of aliphatic hydroxyl groups excluding tert-OH is 1. The van der Waals surface area contributed by atoms with E-state index in [4.69, 9.17) is 10.2 Å². The van der Waals surface area contributed by atoms with Crippen LogP contribution in [0.1, 0.15) is 19.3 Å². The van der Waals surface area contributed by atoms with Gasteiger partial charge in [0.2, 0.25) is 0 Å². The lowest BCUT2D eigenvalue weighted by Gasteiger charge is -1.91. The molecule has 2 N–H and O–H groups in total. The van der Waals surface area contributed by atoms with Crippen LogP contribution < -0.4 is 0 Å². The molecule has 0 aliphatic rings. The smallest absolute Gasteiger partial charge is 0.310 e. The van der Waals surface area contributed by atoms with Gasteiger partial charge >= 0.3 is 5.97 Å². The molecule has 0 amide bonds. The molecule has 0 bridgehead atoms. The van der Waals surface area contributed by atoms with Crippen molar-refractivity contribution in [3.8, 4) is 0 Å². The van der Waals surface area contributed by atoms with Crippen LogP contribution in [0.25, 0.3) is 0 Å². The van der Waals surface area contributed by atoms with Crippen molar-refractivity contribution >= 4 is 11.8 Å². The quantitative estimate of drug-likeness (QED) is 0.460. The van der Waals surface area contributed by atoms with Crippen LogP contribution in [0.5, 0.6) is 0 Å². The van der Waals surface area contributed by atoms with E-state index in [0.717, 1.165) is 6.26 Å². The van der Waals surface area contributed by atoms with E-state index in [0.29, 0.717) is 6.42 Å². The van der Waals surface area contributed by atoms with Crippen molar-refractivity contribution in [2.45, 2.75) is 19.3 Å². The molecule has 4 nitrogen and oxygen atoms in total. The third-order valence-electron chi connectivity index (χ3n) is 1.04. The van der Waals surface area contributed by atoms with Crippen LogP contribution in [0.4, 0.5) is 0 Å². The maximum Gasteiger partial charge on any atom is 0.310 e. The molecular formula is C7H10O4. The standard InChI is InChI=1S/C7H10O4/c8-4-2-1-3-6(9)5-7(10)11/h2,4,8H,1,3,5H2,(H,10,11). The van der Waals surface area contributed by atoms with Crippen molar-refractivity contribution in [1.82, 2.24) is 0 Å². The fourth-order valence-corrected chi connectivity index (χ4v) is 0.576. The molecule has 62 valence electrons. The number of carbonyl (C=O) groups is 2. The normalized spacial score (nSPS) is 10.2. The van der Waals surface area contributed by atoms with Gasteiger partial charge in [-0.1, -0.05) is 0 Å². The molecule has 0 aliphatic carbocycles. The molecule has 0 rings (SSSR count). The fraction of sp³-hybridized carbons (Fsp3) is 0.429. The highest BCUT2D eigenvalue weighted by molar-refractivity contribution is 5.94. The second-order valence-corrected chi connectivity index (χ2v) is 2.03. The second-order valence-electron chi connectivity index (χ2n) is 2.03.